The Morgan fingerprint density at radius 3 is 2.80 bits per heavy atom. The quantitative estimate of drug-likeness (QED) is 0.841. The SMILES string of the molecule is O=C(C[C@@H]1CCCO1)Nc1cc(C(F)(F)F)ccc1O. The molecule has 0 aliphatic carbocycles. The third-order valence-corrected chi connectivity index (χ3v) is 3.04. The highest BCUT2D eigenvalue weighted by atomic mass is 19.4. The van der Waals surface area contributed by atoms with Crippen LogP contribution in [-0.2, 0) is 15.7 Å². The number of alkyl halides is 3. The van der Waals surface area contributed by atoms with Crippen molar-refractivity contribution in [1.29, 1.82) is 0 Å². The van der Waals surface area contributed by atoms with Crippen LogP contribution in [0.5, 0.6) is 5.75 Å². The molecule has 1 saturated heterocycles. The minimum Gasteiger partial charge on any atom is -0.506 e. The zero-order valence-corrected chi connectivity index (χ0v) is 10.5. The smallest absolute Gasteiger partial charge is 0.416 e. The molecular formula is C13H14F3NO3. The van der Waals surface area contributed by atoms with Gasteiger partial charge in [0.1, 0.15) is 5.75 Å². The van der Waals surface area contributed by atoms with Gasteiger partial charge in [0.15, 0.2) is 0 Å². The molecule has 1 aliphatic heterocycles. The molecule has 7 heteroatoms. The van der Waals surface area contributed by atoms with Crippen molar-refractivity contribution in [3.8, 4) is 5.75 Å². The van der Waals surface area contributed by atoms with Gasteiger partial charge in [-0.3, -0.25) is 4.79 Å². The van der Waals surface area contributed by atoms with Crippen molar-refractivity contribution < 1.29 is 27.8 Å². The van der Waals surface area contributed by atoms with Gasteiger partial charge in [0, 0.05) is 6.61 Å². The van der Waals surface area contributed by atoms with Crippen molar-refractivity contribution in [1.82, 2.24) is 0 Å². The Bertz CT molecular complexity index is 496. The summed E-state index contributed by atoms with van der Waals surface area (Å²) in [6, 6.07) is 2.37. The van der Waals surface area contributed by atoms with Crippen molar-refractivity contribution >= 4 is 11.6 Å². The molecule has 0 bridgehead atoms. The molecule has 0 spiro atoms. The number of hydrogen-bond donors (Lipinski definition) is 2. The predicted octanol–water partition coefficient (Wildman–Crippen LogP) is 2.92. The van der Waals surface area contributed by atoms with Gasteiger partial charge in [-0.05, 0) is 31.0 Å². The number of phenols is 1. The molecule has 1 aromatic carbocycles. The highest BCUT2D eigenvalue weighted by Crippen LogP contribution is 2.34. The summed E-state index contributed by atoms with van der Waals surface area (Å²) < 4.78 is 42.9. The first-order chi connectivity index (χ1) is 9.36. The Morgan fingerprint density at radius 2 is 2.20 bits per heavy atom. The topological polar surface area (TPSA) is 58.6 Å². The Balaban J connectivity index is 2.06. The van der Waals surface area contributed by atoms with E-state index in [0.717, 1.165) is 25.0 Å². The van der Waals surface area contributed by atoms with Crippen molar-refractivity contribution in [2.45, 2.75) is 31.5 Å². The summed E-state index contributed by atoms with van der Waals surface area (Å²) in [6.07, 6.45) is -3.05. The van der Waals surface area contributed by atoms with Crippen LogP contribution in [0, 0.1) is 0 Å². The van der Waals surface area contributed by atoms with Crippen molar-refractivity contribution in [2.75, 3.05) is 11.9 Å². The van der Waals surface area contributed by atoms with Crippen LogP contribution in [0.25, 0.3) is 0 Å². The number of phenolic OH excluding ortho intramolecular Hbond substituents is 1. The third kappa shape index (κ3) is 3.63. The average molecular weight is 289 g/mol. The number of ether oxygens (including phenoxy) is 1. The number of anilines is 1. The van der Waals surface area contributed by atoms with E-state index in [1.54, 1.807) is 0 Å². The molecule has 1 heterocycles. The standard InChI is InChI=1S/C13H14F3NO3/c14-13(15,16)8-3-4-11(18)10(6-8)17-12(19)7-9-2-1-5-20-9/h3-4,6,9,18H,1-2,5,7H2,(H,17,19)/t9-/m0/s1. The predicted molar refractivity (Wildman–Crippen MR) is 65.3 cm³/mol. The normalized spacial score (nSPS) is 19.1. The van der Waals surface area contributed by atoms with Gasteiger partial charge in [-0.25, -0.2) is 0 Å². The molecule has 110 valence electrons. The second kappa shape index (κ2) is 5.70. The maximum absolute atomic E-state index is 12.6. The fourth-order valence-corrected chi connectivity index (χ4v) is 2.03. The molecule has 20 heavy (non-hydrogen) atoms. The van der Waals surface area contributed by atoms with Gasteiger partial charge < -0.3 is 15.2 Å². The molecule has 1 fully saturated rings. The minimum absolute atomic E-state index is 0.0652. The van der Waals surface area contributed by atoms with E-state index in [2.05, 4.69) is 5.32 Å². The monoisotopic (exact) mass is 289 g/mol. The van der Waals surface area contributed by atoms with Crippen LogP contribution >= 0.6 is 0 Å². The molecule has 0 radical (unpaired) electrons. The van der Waals surface area contributed by atoms with Crippen LogP contribution in [0.15, 0.2) is 18.2 Å². The molecule has 1 aliphatic rings. The zero-order chi connectivity index (χ0) is 14.8. The van der Waals surface area contributed by atoms with E-state index in [9.17, 15) is 23.1 Å². The summed E-state index contributed by atoms with van der Waals surface area (Å²) in [7, 11) is 0. The fourth-order valence-electron chi connectivity index (χ4n) is 2.03. The van der Waals surface area contributed by atoms with Crippen molar-refractivity contribution in [2.24, 2.45) is 0 Å². The number of carbonyl (C=O) groups is 1. The number of halogens is 3. The number of hydrogen-bond acceptors (Lipinski definition) is 3. The van der Waals surface area contributed by atoms with E-state index in [0.29, 0.717) is 12.7 Å². The summed E-state index contributed by atoms with van der Waals surface area (Å²) >= 11 is 0. The summed E-state index contributed by atoms with van der Waals surface area (Å²) in [6.45, 7) is 0.590. The molecule has 0 saturated carbocycles. The molecule has 1 atom stereocenters. The highest BCUT2D eigenvalue weighted by Gasteiger charge is 2.31. The summed E-state index contributed by atoms with van der Waals surface area (Å²) in [4.78, 5) is 11.7. The van der Waals surface area contributed by atoms with Gasteiger partial charge in [0.2, 0.25) is 5.91 Å². The van der Waals surface area contributed by atoms with Gasteiger partial charge in [0.25, 0.3) is 0 Å². The van der Waals surface area contributed by atoms with E-state index >= 15 is 0 Å². The second-order valence-corrected chi connectivity index (χ2v) is 4.62. The van der Waals surface area contributed by atoms with Gasteiger partial charge in [0.05, 0.1) is 23.8 Å². The van der Waals surface area contributed by atoms with E-state index in [-0.39, 0.29) is 18.2 Å². The van der Waals surface area contributed by atoms with Crippen molar-refractivity contribution in [3.05, 3.63) is 23.8 Å². The zero-order valence-electron chi connectivity index (χ0n) is 10.5. The van der Waals surface area contributed by atoms with E-state index in [4.69, 9.17) is 4.74 Å². The minimum atomic E-state index is -4.53. The molecular weight excluding hydrogens is 275 g/mol. The molecule has 1 amide bonds. The van der Waals surface area contributed by atoms with Crippen LogP contribution < -0.4 is 5.32 Å². The van der Waals surface area contributed by atoms with Gasteiger partial charge in [-0.1, -0.05) is 0 Å². The number of benzene rings is 1. The highest BCUT2D eigenvalue weighted by molar-refractivity contribution is 5.92. The number of rotatable bonds is 3. The van der Waals surface area contributed by atoms with E-state index < -0.39 is 23.4 Å². The Hall–Kier alpha value is -1.76. The molecule has 1 aromatic rings. The third-order valence-electron chi connectivity index (χ3n) is 3.04. The van der Waals surface area contributed by atoms with Crippen LogP contribution in [0.1, 0.15) is 24.8 Å². The van der Waals surface area contributed by atoms with Crippen LogP contribution in [0.4, 0.5) is 18.9 Å². The lowest BCUT2D eigenvalue weighted by molar-refractivity contribution is -0.137. The maximum Gasteiger partial charge on any atom is 0.416 e. The second-order valence-electron chi connectivity index (χ2n) is 4.62. The summed E-state index contributed by atoms with van der Waals surface area (Å²) in [5.74, 6) is -0.884. The first kappa shape index (κ1) is 14.6. The Labute approximate surface area is 113 Å². The van der Waals surface area contributed by atoms with Crippen LogP contribution in [0.2, 0.25) is 0 Å². The number of amides is 1. The van der Waals surface area contributed by atoms with Crippen molar-refractivity contribution in [3.63, 3.8) is 0 Å². The Morgan fingerprint density at radius 1 is 1.45 bits per heavy atom. The molecule has 4 nitrogen and oxygen atoms in total. The lowest BCUT2D eigenvalue weighted by Crippen LogP contribution is -2.19. The van der Waals surface area contributed by atoms with Gasteiger partial charge in [-0.2, -0.15) is 13.2 Å². The van der Waals surface area contributed by atoms with Crippen LogP contribution in [0.3, 0.4) is 0 Å². The molecule has 0 unspecified atom stereocenters. The summed E-state index contributed by atoms with van der Waals surface area (Å²) in [5.41, 5.74) is -1.18. The first-order valence-corrected chi connectivity index (χ1v) is 6.18. The largest absolute Gasteiger partial charge is 0.506 e. The number of carbonyl (C=O) groups excluding carboxylic acids is 1. The maximum atomic E-state index is 12.6. The molecule has 2 N–H and O–H groups in total. The van der Waals surface area contributed by atoms with Crippen LogP contribution in [-0.4, -0.2) is 23.7 Å². The van der Waals surface area contributed by atoms with E-state index in [1.165, 1.54) is 0 Å². The first-order valence-electron chi connectivity index (χ1n) is 6.18. The molecule has 0 aromatic heterocycles. The lowest BCUT2D eigenvalue weighted by atomic mass is 10.1. The van der Waals surface area contributed by atoms with E-state index in [1.807, 2.05) is 0 Å². The average Bonchev–Trinajstić information content (AvgIpc) is 2.83. The number of aromatic hydroxyl groups is 1. The number of nitrogens with one attached hydrogen (secondary N) is 1. The Kier molecular flexibility index (Phi) is 4.17. The van der Waals surface area contributed by atoms with Gasteiger partial charge in [-0.15, -0.1) is 0 Å². The summed E-state index contributed by atoms with van der Waals surface area (Å²) in [5, 5.41) is 11.8. The molecule has 2 rings (SSSR count). The lowest BCUT2D eigenvalue weighted by Gasteiger charge is -2.13. The fraction of sp³-hybridized carbons (Fsp3) is 0.462. The van der Waals surface area contributed by atoms with Gasteiger partial charge >= 0.3 is 6.18 Å².